The number of benzene rings is 1. The molecule has 23 heavy (non-hydrogen) atoms. The number of halogens is 2. The molecule has 8 heteroatoms. The van der Waals surface area contributed by atoms with E-state index in [1.165, 1.54) is 6.07 Å². The summed E-state index contributed by atoms with van der Waals surface area (Å²) in [7, 11) is 0. The fourth-order valence-corrected chi connectivity index (χ4v) is 3.72. The van der Waals surface area contributed by atoms with Gasteiger partial charge in [-0.3, -0.25) is 9.59 Å². The summed E-state index contributed by atoms with van der Waals surface area (Å²) in [5.74, 6) is -0.409. The first kappa shape index (κ1) is 15.9. The van der Waals surface area contributed by atoms with E-state index in [4.69, 9.17) is 28.9 Å². The highest BCUT2D eigenvalue weighted by atomic mass is 35.5. The number of hydrogen-bond acceptors (Lipinski definition) is 4. The van der Waals surface area contributed by atoms with Crippen LogP contribution < -0.4 is 16.6 Å². The Balaban J connectivity index is 2.05. The third kappa shape index (κ3) is 2.81. The van der Waals surface area contributed by atoms with Gasteiger partial charge in [0.25, 0.3) is 5.91 Å². The maximum Gasteiger partial charge on any atom is 0.267 e. The third-order valence-corrected chi connectivity index (χ3v) is 5.27. The number of aromatic amines is 1. The lowest BCUT2D eigenvalue weighted by Gasteiger charge is -2.07. The second-order valence-corrected chi connectivity index (χ2v) is 6.73. The summed E-state index contributed by atoms with van der Waals surface area (Å²) < 4.78 is 0. The standard InChI is InChI=1S/C15H11Cl2N3O2S/c1-6-5-9(21)20-15-10(6)12(18)13(23-15)14(22)19-8-4-2-3-7(16)11(8)17/h2-5H,18H2,1H3,(H,19,22)(H,20,21). The molecule has 0 bridgehead atoms. The van der Waals surface area contributed by atoms with E-state index in [-0.39, 0.29) is 10.6 Å². The Morgan fingerprint density at radius 2 is 2.09 bits per heavy atom. The Bertz CT molecular complexity index is 994. The monoisotopic (exact) mass is 367 g/mol. The number of anilines is 2. The smallest absolute Gasteiger partial charge is 0.267 e. The molecule has 4 N–H and O–H groups in total. The highest BCUT2D eigenvalue weighted by Crippen LogP contribution is 2.35. The molecule has 3 aromatic rings. The van der Waals surface area contributed by atoms with Crippen molar-refractivity contribution in [2.45, 2.75) is 6.92 Å². The summed E-state index contributed by atoms with van der Waals surface area (Å²) in [5.41, 5.74) is 7.29. The first-order valence-electron chi connectivity index (χ1n) is 6.55. The second kappa shape index (κ2) is 5.88. The summed E-state index contributed by atoms with van der Waals surface area (Å²) in [6.07, 6.45) is 0. The Labute approximate surface area is 145 Å². The summed E-state index contributed by atoms with van der Waals surface area (Å²) in [4.78, 5) is 27.6. The SMILES string of the molecule is Cc1cc(=O)[nH]c2sc(C(=O)Nc3cccc(Cl)c3Cl)c(N)c12. The number of nitrogens with one attached hydrogen (secondary N) is 2. The number of aryl methyl sites for hydroxylation is 1. The number of carbonyl (C=O) groups is 1. The molecular weight excluding hydrogens is 357 g/mol. The molecule has 3 rings (SSSR count). The number of rotatable bonds is 2. The fourth-order valence-electron chi connectivity index (χ4n) is 2.29. The molecule has 1 aromatic carbocycles. The molecule has 118 valence electrons. The highest BCUT2D eigenvalue weighted by Gasteiger charge is 2.19. The summed E-state index contributed by atoms with van der Waals surface area (Å²) in [6.45, 7) is 1.77. The van der Waals surface area contributed by atoms with Crippen LogP contribution in [-0.2, 0) is 0 Å². The van der Waals surface area contributed by atoms with Gasteiger partial charge in [0.2, 0.25) is 5.56 Å². The van der Waals surface area contributed by atoms with Crippen molar-refractivity contribution in [3.05, 3.63) is 55.1 Å². The van der Waals surface area contributed by atoms with E-state index in [1.807, 2.05) is 0 Å². The van der Waals surface area contributed by atoms with E-state index in [1.54, 1.807) is 25.1 Å². The molecule has 0 unspecified atom stereocenters. The topological polar surface area (TPSA) is 88.0 Å². The largest absolute Gasteiger partial charge is 0.397 e. The number of hydrogen-bond donors (Lipinski definition) is 3. The van der Waals surface area contributed by atoms with Gasteiger partial charge in [0.05, 0.1) is 21.4 Å². The lowest BCUT2D eigenvalue weighted by molar-refractivity contribution is 0.103. The number of aromatic nitrogens is 1. The highest BCUT2D eigenvalue weighted by molar-refractivity contribution is 7.21. The van der Waals surface area contributed by atoms with Gasteiger partial charge in [-0.05, 0) is 24.6 Å². The van der Waals surface area contributed by atoms with Crippen molar-refractivity contribution >= 4 is 62.0 Å². The van der Waals surface area contributed by atoms with Crippen LogP contribution in [0.25, 0.3) is 10.2 Å². The van der Waals surface area contributed by atoms with Crippen LogP contribution in [0.4, 0.5) is 11.4 Å². The molecule has 0 saturated heterocycles. The van der Waals surface area contributed by atoms with Gasteiger partial charge in [-0.2, -0.15) is 0 Å². The molecule has 0 saturated carbocycles. The Hall–Kier alpha value is -2.02. The Morgan fingerprint density at radius 1 is 1.35 bits per heavy atom. The van der Waals surface area contributed by atoms with E-state index >= 15 is 0 Å². The number of H-pyrrole nitrogens is 1. The molecule has 0 aliphatic heterocycles. The van der Waals surface area contributed by atoms with Gasteiger partial charge in [0.15, 0.2) is 0 Å². The van der Waals surface area contributed by atoms with Gasteiger partial charge >= 0.3 is 0 Å². The number of carbonyl (C=O) groups excluding carboxylic acids is 1. The average Bonchev–Trinajstić information content (AvgIpc) is 2.81. The zero-order valence-corrected chi connectivity index (χ0v) is 14.2. The summed E-state index contributed by atoms with van der Waals surface area (Å²) >= 11 is 13.1. The van der Waals surface area contributed by atoms with Crippen molar-refractivity contribution in [2.24, 2.45) is 0 Å². The molecule has 0 atom stereocenters. The number of thiophene rings is 1. The number of pyridine rings is 1. The molecule has 0 aliphatic rings. The van der Waals surface area contributed by atoms with Crippen LogP contribution in [0.3, 0.4) is 0 Å². The zero-order chi connectivity index (χ0) is 16.7. The molecule has 2 heterocycles. The number of nitrogen functional groups attached to an aromatic ring is 1. The van der Waals surface area contributed by atoms with Gasteiger partial charge in [-0.15, -0.1) is 11.3 Å². The first-order chi connectivity index (χ1) is 10.9. The van der Waals surface area contributed by atoms with Crippen LogP contribution in [-0.4, -0.2) is 10.9 Å². The quantitative estimate of drug-likeness (QED) is 0.638. The van der Waals surface area contributed by atoms with Gasteiger partial charge in [-0.1, -0.05) is 29.3 Å². The number of amides is 1. The van der Waals surface area contributed by atoms with Gasteiger partial charge in [0.1, 0.15) is 9.71 Å². The maximum atomic E-state index is 12.5. The van der Waals surface area contributed by atoms with Gasteiger partial charge < -0.3 is 16.0 Å². The Kier molecular flexibility index (Phi) is 4.06. The Morgan fingerprint density at radius 3 is 2.83 bits per heavy atom. The van der Waals surface area contributed by atoms with Crippen molar-refractivity contribution in [1.82, 2.24) is 4.98 Å². The van der Waals surface area contributed by atoms with E-state index < -0.39 is 5.91 Å². The van der Waals surface area contributed by atoms with E-state index in [9.17, 15) is 9.59 Å². The van der Waals surface area contributed by atoms with Crippen molar-refractivity contribution in [3.8, 4) is 0 Å². The minimum atomic E-state index is -0.409. The van der Waals surface area contributed by atoms with Crippen molar-refractivity contribution in [1.29, 1.82) is 0 Å². The average molecular weight is 368 g/mol. The van der Waals surface area contributed by atoms with Crippen LogP contribution in [0.5, 0.6) is 0 Å². The van der Waals surface area contributed by atoms with Gasteiger partial charge in [0, 0.05) is 11.5 Å². The molecule has 1 amide bonds. The first-order valence-corrected chi connectivity index (χ1v) is 8.13. The number of nitrogens with two attached hydrogens (primary N) is 1. The molecule has 0 radical (unpaired) electrons. The minimum absolute atomic E-state index is 0.235. The third-order valence-electron chi connectivity index (χ3n) is 3.33. The molecule has 5 nitrogen and oxygen atoms in total. The lowest BCUT2D eigenvalue weighted by atomic mass is 10.1. The van der Waals surface area contributed by atoms with Crippen LogP contribution >= 0.6 is 34.5 Å². The van der Waals surface area contributed by atoms with E-state index in [2.05, 4.69) is 10.3 Å². The second-order valence-electron chi connectivity index (χ2n) is 4.92. The molecular formula is C15H11Cl2N3O2S. The van der Waals surface area contributed by atoms with Crippen molar-refractivity contribution in [2.75, 3.05) is 11.1 Å². The van der Waals surface area contributed by atoms with Crippen LogP contribution in [0.2, 0.25) is 10.0 Å². The predicted molar refractivity (Wildman–Crippen MR) is 96.0 cm³/mol. The van der Waals surface area contributed by atoms with Crippen LogP contribution in [0, 0.1) is 6.92 Å². The van der Waals surface area contributed by atoms with E-state index in [0.29, 0.717) is 31.5 Å². The van der Waals surface area contributed by atoms with E-state index in [0.717, 1.165) is 16.9 Å². The van der Waals surface area contributed by atoms with Crippen LogP contribution in [0.15, 0.2) is 29.1 Å². The minimum Gasteiger partial charge on any atom is -0.397 e. The molecule has 0 aliphatic carbocycles. The maximum absolute atomic E-state index is 12.5. The summed E-state index contributed by atoms with van der Waals surface area (Å²) in [6, 6.07) is 6.39. The predicted octanol–water partition coefficient (Wildman–Crippen LogP) is 4.04. The summed E-state index contributed by atoms with van der Waals surface area (Å²) in [5, 5.41) is 3.96. The number of fused-ring (bicyclic) bond motifs is 1. The lowest BCUT2D eigenvalue weighted by Crippen LogP contribution is -2.12. The molecule has 2 aromatic heterocycles. The van der Waals surface area contributed by atoms with Crippen molar-refractivity contribution in [3.63, 3.8) is 0 Å². The van der Waals surface area contributed by atoms with Crippen LogP contribution in [0.1, 0.15) is 15.2 Å². The van der Waals surface area contributed by atoms with Gasteiger partial charge in [-0.25, -0.2) is 0 Å². The molecule has 0 fully saturated rings. The normalized spacial score (nSPS) is 10.9. The zero-order valence-electron chi connectivity index (χ0n) is 11.9. The molecule has 0 spiro atoms. The van der Waals surface area contributed by atoms with Crippen molar-refractivity contribution < 1.29 is 4.79 Å². The fraction of sp³-hybridized carbons (Fsp3) is 0.0667.